The van der Waals surface area contributed by atoms with Gasteiger partial charge >= 0.3 is 5.97 Å². The minimum Gasteiger partial charge on any atom is -0.497 e. The van der Waals surface area contributed by atoms with Gasteiger partial charge in [0.1, 0.15) is 11.5 Å². The number of nitrogens with zero attached hydrogens (tertiary/aromatic N) is 1. The zero-order valence-electron chi connectivity index (χ0n) is 20.1. The molecule has 0 heterocycles. The number of rotatable bonds is 10. The average molecular weight is 477 g/mol. The maximum atomic E-state index is 12.4. The summed E-state index contributed by atoms with van der Waals surface area (Å²) < 4.78 is 21.4. The zero-order valence-corrected chi connectivity index (χ0v) is 20.1. The highest BCUT2D eigenvalue weighted by molar-refractivity contribution is 5.92. The summed E-state index contributed by atoms with van der Waals surface area (Å²) in [6, 6.07) is 19.1. The Bertz CT molecular complexity index is 1170. The van der Waals surface area contributed by atoms with Crippen LogP contribution in [-0.2, 0) is 4.79 Å². The van der Waals surface area contributed by atoms with E-state index in [1.54, 1.807) is 49.6 Å². The Morgan fingerprint density at radius 1 is 0.886 bits per heavy atom. The number of amides is 1. The molecule has 8 nitrogen and oxygen atoms in total. The molecule has 0 aliphatic heterocycles. The minimum absolute atomic E-state index is 0.165. The molecule has 1 N–H and O–H groups in total. The van der Waals surface area contributed by atoms with Gasteiger partial charge in [-0.05, 0) is 71.6 Å². The number of esters is 1. The lowest BCUT2D eigenvalue weighted by molar-refractivity contribution is -0.123. The maximum absolute atomic E-state index is 12.4. The highest BCUT2D eigenvalue weighted by Crippen LogP contribution is 2.28. The zero-order chi connectivity index (χ0) is 25.2. The van der Waals surface area contributed by atoms with Gasteiger partial charge in [0.05, 0.1) is 26.0 Å². The fraction of sp³-hybridized carbons (Fsp3) is 0.222. The first-order valence-electron chi connectivity index (χ1n) is 11.0. The predicted octanol–water partition coefficient (Wildman–Crippen LogP) is 4.58. The second kappa shape index (κ2) is 12.2. The van der Waals surface area contributed by atoms with E-state index in [0.29, 0.717) is 34.3 Å². The largest absolute Gasteiger partial charge is 0.497 e. The van der Waals surface area contributed by atoms with Gasteiger partial charge in [-0.25, -0.2) is 10.2 Å². The van der Waals surface area contributed by atoms with E-state index < -0.39 is 11.9 Å². The molecular formula is C27H28N2O6. The van der Waals surface area contributed by atoms with Crippen LogP contribution in [0.1, 0.15) is 41.3 Å². The Kier molecular flexibility index (Phi) is 8.83. The molecule has 0 spiro atoms. The van der Waals surface area contributed by atoms with E-state index in [-0.39, 0.29) is 12.4 Å². The molecule has 0 unspecified atom stereocenters. The van der Waals surface area contributed by atoms with Crippen LogP contribution in [0, 0.1) is 0 Å². The Hall–Kier alpha value is -4.33. The minimum atomic E-state index is -0.529. The van der Waals surface area contributed by atoms with Gasteiger partial charge in [-0.3, -0.25) is 4.79 Å². The summed E-state index contributed by atoms with van der Waals surface area (Å²) in [6.07, 6.45) is 1.45. The summed E-state index contributed by atoms with van der Waals surface area (Å²) in [4.78, 5) is 24.4. The van der Waals surface area contributed by atoms with Crippen LogP contribution < -0.4 is 24.4 Å². The van der Waals surface area contributed by atoms with Crippen molar-refractivity contribution in [3.8, 4) is 23.0 Å². The molecule has 0 aromatic heterocycles. The molecular weight excluding hydrogens is 448 g/mol. The molecule has 8 heteroatoms. The monoisotopic (exact) mass is 476 g/mol. The van der Waals surface area contributed by atoms with E-state index in [9.17, 15) is 9.59 Å². The molecule has 1 amide bonds. The first kappa shape index (κ1) is 25.3. The second-order valence-electron chi connectivity index (χ2n) is 7.83. The van der Waals surface area contributed by atoms with Gasteiger partial charge in [-0.1, -0.05) is 26.0 Å². The maximum Gasteiger partial charge on any atom is 0.343 e. The Labute approximate surface area is 204 Å². The molecule has 0 fully saturated rings. The second-order valence-corrected chi connectivity index (χ2v) is 7.83. The van der Waals surface area contributed by atoms with Gasteiger partial charge in [0.25, 0.3) is 5.91 Å². The SMILES string of the molecule is COc1ccc(C(=O)Oc2ccc(/C=N\NC(=O)COc3ccc(C(C)C)cc3)cc2OC)cc1. The van der Waals surface area contributed by atoms with Crippen LogP contribution in [0.5, 0.6) is 23.0 Å². The molecule has 182 valence electrons. The average Bonchev–Trinajstić information content (AvgIpc) is 2.88. The number of carbonyl (C=O) groups excluding carboxylic acids is 2. The summed E-state index contributed by atoms with van der Waals surface area (Å²) >= 11 is 0. The highest BCUT2D eigenvalue weighted by atomic mass is 16.6. The van der Waals surface area contributed by atoms with Crippen LogP contribution >= 0.6 is 0 Å². The van der Waals surface area contributed by atoms with Crippen LogP contribution in [0.2, 0.25) is 0 Å². The summed E-state index contributed by atoms with van der Waals surface area (Å²) in [7, 11) is 3.02. The number of hydrazone groups is 1. The third-order valence-corrected chi connectivity index (χ3v) is 5.04. The van der Waals surface area contributed by atoms with Crippen molar-refractivity contribution in [1.82, 2.24) is 5.43 Å². The molecule has 0 radical (unpaired) electrons. The molecule has 0 aliphatic carbocycles. The first-order valence-corrected chi connectivity index (χ1v) is 11.0. The number of methoxy groups -OCH3 is 2. The molecule has 0 saturated heterocycles. The molecule has 0 aliphatic rings. The summed E-state index contributed by atoms with van der Waals surface area (Å²) in [6.45, 7) is 4.06. The lowest BCUT2D eigenvalue weighted by atomic mass is 10.0. The molecule has 35 heavy (non-hydrogen) atoms. The molecule has 0 saturated carbocycles. The van der Waals surface area contributed by atoms with Crippen molar-refractivity contribution in [2.45, 2.75) is 19.8 Å². The van der Waals surface area contributed by atoms with Crippen molar-refractivity contribution >= 4 is 18.1 Å². The molecule has 0 bridgehead atoms. The summed E-state index contributed by atoms with van der Waals surface area (Å²) in [5.41, 5.74) is 4.62. The standard InChI is InChI=1S/C27H28N2O6/c1-18(2)20-6-12-23(13-7-20)34-17-26(30)29-28-16-19-5-14-24(25(15-19)33-4)35-27(31)21-8-10-22(32-3)11-9-21/h5-16,18H,17H2,1-4H3,(H,29,30)/b28-16-. The highest BCUT2D eigenvalue weighted by Gasteiger charge is 2.13. The van der Waals surface area contributed by atoms with Crippen molar-refractivity contribution in [3.63, 3.8) is 0 Å². The fourth-order valence-corrected chi connectivity index (χ4v) is 3.04. The fourth-order valence-electron chi connectivity index (χ4n) is 3.04. The Balaban J connectivity index is 1.53. The Morgan fingerprint density at radius 3 is 2.20 bits per heavy atom. The van der Waals surface area contributed by atoms with Crippen LogP contribution in [-0.4, -0.2) is 38.9 Å². The number of nitrogens with one attached hydrogen (secondary N) is 1. The van der Waals surface area contributed by atoms with E-state index in [4.69, 9.17) is 18.9 Å². The topological polar surface area (TPSA) is 95.5 Å². The summed E-state index contributed by atoms with van der Waals surface area (Å²) in [5, 5.41) is 3.94. The Morgan fingerprint density at radius 2 is 1.57 bits per heavy atom. The summed E-state index contributed by atoms with van der Waals surface area (Å²) in [5.74, 6) is 1.35. The van der Waals surface area contributed by atoms with Gasteiger partial charge in [0.2, 0.25) is 0 Å². The van der Waals surface area contributed by atoms with Crippen LogP contribution in [0.3, 0.4) is 0 Å². The van der Waals surface area contributed by atoms with Crippen molar-refractivity contribution in [2.75, 3.05) is 20.8 Å². The molecule has 0 atom stereocenters. The number of benzene rings is 3. The number of ether oxygens (including phenoxy) is 4. The number of hydrogen-bond donors (Lipinski definition) is 1. The van der Waals surface area contributed by atoms with Crippen LogP contribution in [0.25, 0.3) is 0 Å². The van der Waals surface area contributed by atoms with Crippen molar-refractivity contribution in [3.05, 3.63) is 83.4 Å². The predicted molar refractivity (Wildman–Crippen MR) is 133 cm³/mol. The lowest BCUT2D eigenvalue weighted by Gasteiger charge is -2.10. The normalized spacial score (nSPS) is 10.8. The van der Waals surface area contributed by atoms with E-state index in [1.165, 1.54) is 18.9 Å². The first-order chi connectivity index (χ1) is 16.9. The van der Waals surface area contributed by atoms with Crippen molar-refractivity contribution in [2.24, 2.45) is 5.10 Å². The van der Waals surface area contributed by atoms with Gasteiger partial charge in [-0.15, -0.1) is 0 Å². The third kappa shape index (κ3) is 7.33. The molecule has 3 aromatic rings. The van der Waals surface area contributed by atoms with Gasteiger partial charge < -0.3 is 18.9 Å². The quantitative estimate of drug-likeness (QED) is 0.199. The van der Waals surface area contributed by atoms with Crippen LogP contribution in [0.4, 0.5) is 0 Å². The smallest absolute Gasteiger partial charge is 0.343 e. The van der Waals surface area contributed by atoms with Crippen molar-refractivity contribution < 1.29 is 28.5 Å². The number of carbonyl (C=O) groups is 2. The number of hydrogen-bond acceptors (Lipinski definition) is 7. The van der Waals surface area contributed by atoms with Gasteiger partial charge in [-0.2, -0.15) is 5.10 Å². The lowest BCUT2D eigenvalue weighted by Crippen LogP contribution is -2.24. The molecule has 3 rings (SSSR count). The van der Waals surface area contributed by atoms with E-state index in [2.05, 4.69) is 24.4 Å². The van der Waals surface area contributed by atoms with Gasteiger partial charge in [0, 0.05) is 0 Å². The molecule has 3 aromatic carbocycles. The van der Waals surface area contributed by atoms with Gasteiger partial charge in [0.15, 0.2) is 18.1 Å². The van der Waals surface area contributed by atoms with E-state index >= 15 is 0 Å². The third-order valence-electron chi connectivity index (χ3n) is 5.04. The van der Waals surface area contributed by atoms with Crippen LogP contribution in [0.15, 0.2) is 71.8 Å². The van der Waals surface area contributed by atoms with E-state index in [0.717, 1.165) is 0 Å². The van der Waals surface area contributed by atoms with E-state index in [1.807, 2.05) is 24.3 Å². The van der Waals surface area contributed by atoms with Crippen molar-refractivity contribution in [1.29, 1.82) is 0 Å².